The van der Waals surface area contributed by atoms with Gasteiger partial charge in [-0.2, -0.15) is 0 Å². The van der Waals surface area contributed by atoms with Crippen molar-refractivity contribution in [2.45, 2.75) is 18.7 Å². The van der Waals surface area contributed by atoms with Crippen LogP contribution < -0.4 is 9.47 Å². The predicted molar refractivity (Wildman–Crippen MR) is 84.1 cm³/mol. The van der Waals surface area contributed by atoms with Crippen LogP contribution in [0, 0.1) is 13.8 Å². The van der Waals surface area contributed by atoms with E-state index < -0.39 is 0 Å². The van der Waals surface area contributed by atoms with Gasteiger partial charge >= 0.3 is 0 Å². The number of halogens is 1. The molecule has 20 heavy (non-hydrogen) atoms. The smallest absolute Gasteiger partial charge is 0.161 e. The highest BCUT2D eigenvalue weighted by atomic mass is 79.9. The maximum atomic E-state index is 5.66. The van der Waals surface area contributed by atoms with Crippen LogP contribution in [-0.4, -0.2) is 13.2 Å². The topological polar surface area (TPSA) is 18.5 Å². The predicted octanol–water partition coefficient (Wildman–Crippen LogP) is 4.56. The van der Waals surface area contributed by atoms with Crippen molar-refractivity contribution in [3.8, 4) is 11.5 Å². The van der Waals surface area contributed by atoms with Crippen molar-refractivity contribution >= 4 is 15.9 Å². The number of ether oxygens (including phenoxy) is 2. The van der Waals surface area contributed by atoms with Crippen LogP contribution in [0.25, 0.3) is 0 Å². The largest absolute Gasteiger partial charge is 0.486 e. The highest BCUT2D eigenvalue weighted by Gasteiger charge is 2.18. The molecule has 0 fully saturated rings. The molecule has 104 valence electrons. The SMILES string of the molecule is Cc1cccc(C)c1C(Br)c1ccc2c(c1)OCCO2. The van der Waals surface area contributed by atoms with Gasteiger partial charge in [-0.25, -0.2) is 0 Å². The van der Waals surface area contributed by atoms with Gasteiger partial charge < -0.3 is 9.47 Å². The van der Waals surface area contributed by atoms with Crippen molar-refractivity contribution < 1.29 is 9.47 Å². The highest BCUT2D eigenvalue weighted by molar-refractivity contribution is 9.09. The lowest BCUT2D eigenvalue weighted by Gasteiger charge is -2.21. The van der Waals surface area contributed by atoms with Crippen molar-refractivity contribution in [1.29, 1.82) is 0 Å². The molecule has 0 aliphatic carbocycles. The molecule has 3 rings (SSSR count). The van der Waals surface area contributed by atoms with Crippen molar-refractivity contribution in [3.05, 3.63) is 58.7 Å². The van der Waals surface area contributed by atoms with Gasteiger partial charge in [-0.3, -0.25) is 0 Å². The van der Waals surface area contributed by atoms with E-state index in [1.165, 1.54) is 22.3 Å². The second-order valence-electron chi connectivity index (χ2n) is 5.07. The molecular formula is C17H17BrO2. The van der Waals surface area contributed by atoms with Gasteiger partial charge in [0.25, 0.3) is 0 Å². The Morgan fingerprint density at radius 2 is 1.60 bits per heavy atom. The summed E-state index contributed by atoms with van der Waals surface area (Å²) in [6.07, 6.45) is 0. The van der Waals surface area contributed by atoms with Gasteiger partial charge in [-0.15, -0.1) is 0 Å². The van der Waals surface area contributed by atoms with Gasteiger partial charge in [0.15, 0.2) is 11.5 Å². The molecule has 0 saturated heterocycles. The van der Waals surface area contributed by atoms with E-state index in [1.54, 1.807) is 0 Å². The molecule has 3 heteroatoms. The minimum Gasteiger partial charge on any atom is -0.486 e. The molecule has 2 nitrogen and oxygen atoms in total. The molecule has 1 aliphatic heterocycles. The standard InChI is InChI=1S/C17H17BrO2/c1-11-4-3-5-12(2)16(11)17(18)13-6-7-14-15(10-13)20-9-8-19-14/h3-7,10,17H,8-9H2,1-2H3. The van der Waals surface area contributed by atoms with Gasteiger partial charge in [0.1, 0.15) is 13.2 Å². The fourth-order valence-electron chi connectivity index (χ4n) is 2.61. The fraction of sp³-hybridized carbons (Fsp3) is 0.294. The summed E-state index contributed by atoms with van der Waals surface area (Å²) in [6.45, 7) is 5.54. The molecule has 1 heterocycles. The first-order chi connectivity index (χ1) is 9.66. The van der Waals surface area contributed by atoms with Gasteiger partial charge in [-0.05, 0) is 48.2 Å². The molecule has 1 atom stereocenters. The third kappa shape index (κ3) is 2.42. The lowest BCUT2D eigenvalue weighted by Crippen LogP contribution is -2.15. The van der Waals surface area contributed by atoms with Crippen molar-refractivity contribution in [2.75, 3.05) is 13.2 Å². The van der Waals surface area contributed by atoms with Crippen LogP contribution >= 0.6 is 15.9 Å². The normalized spacial score (nSPS) is 14.9. The zero-order valence-corrected chi connectivity index (χ0v) is 13.2. The molecule has 2 aromatic rings. The van der Waals surface area contributed by atoms with Crippen LogP contribution in [-0.2, 0) is 0 Å². The Kier molecular flexibility index (Phi) is 3.70. The van der Waals surface area contributed by atoms with Crippen molar-refractivity contribution in [2.24, 2.45) is 0 Å². The zero-order valence-electron chi connectivity index (χ0n) is 11.7. The minimum atomic E-state index is 0.166. The summed E-state index contributed by atoms with van der Waals surface area (Å²) in [5, 5.41) is 0. The fourth-order valence-corrected chi connectivity index (χ4v) is 3.62. The molecule has 0 amide bonds. The molecule has 1 unspecified atom stereocenters. The molecule has 2 aromatic carbocycles. The Bertz CT molecular complexity index is 617. The Balaban J connectivity index is 2.00. The highest BCUT2D eigenvalue weighted by Crippen LogP contribution is 2.39. The van der Waals surface area contributed by atoms with Gasteiger partial charge in [0, 0.05) is 0 Å². The van der Waals surface area contributed by atoms with E-state index in [2.05, 4.69) is 60.1 Å². The monoisotopic (exact) mass is 332 g/mol. The average molecular weight is 333 g/mol. The van der Waals surface area contributed by atoms with E-state index in [4.69, 9.17) is 9.47 Å². The number of alkyl halides is 1. The van der Waals surface area contributed by atoms with Gasteiger partial charge in [-0.1, -0.05) is 40.2 Å². The van der Waals surface area contributed by atoms with Crippen LogP contribution in [0.1, 0.15) is 27.1 Å². The number of rotatable bonds is 2. The summed E-state index contributed by atoms with van der Waals surface area (Å²) in [5.74, 6) is 1.67. The van der Waals surface area contributed by atoms with Crippen LogP contribution in [0.15, 0.2) is 36.4 Å². The lowest BCUT2D eigenvalue weighted by molar-refractivity contribution is 0.171. The Morgan fingerprint density at radius 1 is 0.950 bits per heavy atom. The first-order valence-electron chi connectivity index (χ1n) is 6.76. The number of hydrogen-bond donors (Lipinski definition) is 0. The number of hydrogen-bond acceptors (Lipinski definition) is 2. The van der Waals surface area contributed by atoms with E-state index in [-0.39, 0.29) is 4.83 Å². The molecule has 0 bridgehead atoms. The zero-order chi connectivity index (χ0) is 14.1. The van der Waals surface area contributed by atoms with E-state index in [9.17, 15) is 0 Å². The maximum absolute atomic E-state index is 5.66. The van der Waals surface area contributed by atoms with E-state index >= 15 is 0 Å². The number of aryl methyl sites for hydroxylation is 2. The second-order valence-corrected chi connectivity index (χ2v) is 5.99. The van der Waals surface area contributed by atoms with E-state index in [1.807, 2.05) is 6.07 Å². The van der Waals surface area contributed by atoms with Crippen LogP contribution in [0.2, 0.25) is 0 Å². The molecule has 0 spiro atoms. The van der Waals surface area contributed by atoms with Crippen molar-refractivity contribution in [1.82, 2.24) is 0 Å². The van der Waals surface area contributed by atoms with Gasteiger partial charge in [0.05, 0.1) is 4.83 Å². The quantitative estimate of drug-likeness (QED) is 0.750. The van der Waals surface area contributed by atoms with E-state index in [0.29, 0.717) is 13.2 Å². The maximum Gasteiger partial charge on any atom is 0.161 e. The molecule has 0 saturated carbocycles. The third-order valence-corrected chi connectivity index (χ3v) is 4.64. The first kappa shape index (κ1) is 13.5. The van der Waals surface area contributed by atoms with Crippen LogP contribution in [0.4, 0.5) is 0 Å². The summed E-state index contributed by atoms with van der Waals surface area (Å²) in [5.41, 5.74) is 5.10. The number of benzene rings is 2. The molecular weight excluding hydrogens is 316 g/mol. The average Bonchev–Trinajstić information content (AvgIpc) is 2.46. The Morgan fingerprint density at radius 3 is 2.30 bits per heavy atom. The molecule has 0 aromatic heterocycles. The van der Waals surface area contributed by atoms with Crippen LogP contribution in [0.3, 0.4) is 0 Å². The molecule has 0 radical (unpaired) electrons. The summed E-state index contributed by atoms with van der Waals surface area (Å²) in [7, 11) is 0. The third-order valence-electron chi connectivity index (χ3n) is 3.65. The first-order valence-corrected chi connectivity index (χ1v) is 7.68. The molecule has 0 N–H and O–H groups in total. The minimum absolute atomic E-state index is 0.166. The van der Waals surface area contributed by atoms with Crippen molar-refractivity contribution in [3.63, 3.8) is 0 Å². The molecule has 1 aliphatic rings. The van der Waals surface area contributed by atoms with E-state index in [0.717, 1.165) is 11.5 Å². The number of fused-ring (bicyclic) bond motifs is 1. The van der Waals surface area contributed by atoms with Gasteiger partial charge in [0.2, 0.25) is 0 Å². The lowest BCUT2D eigenvalue weighted by atomic mass is 9.96. The second kappa shape index (κ2) is 5.49. The Hall–Kier alpha value is -1.48. The summed E-state index contributed by atoms with van der Waals surface area (Å²) in [4.78, 5) is 0.166. The Labute approximate surface area is 127 Å². The van der Waals surface area contributed by atoms with Crippen LogP contribution in [0.5, 0.6) is 11.5 Å². The summed E-state index contributed by atoms with van der Waals surface area (Å²) >= 11 is 3.83. The summed E-state index contributed by atoms with van der Waals surface area (Å²) in [6, 6.07) is 12.5. The summed E-state index contributed by atoms with van der Waals surface area (Å²) < 4.78 is 11.2.